The van der Waals surface area contributed by atoms with Gasteiger partial charge >= 0.3 is 0 Å². The summed E-state index contributed by atoms with van der Waals surface area (Å²) in [5.41, 5.74) is 6.68. The molecule has 2 atom stereocenters. The summed E-state index contributed by atoms with van der Waals surface area (Å²) in [5.74, 6) is -0.0331. The van der Waals surface area contributed by atoms with Crippen LogP contribution in [0.2, 0.25) is 0 Å². The molecule has 5 nitrogen and oxygen atoms in total. The second-order valence-corrected chi connectivity index (χ2v) is 8.06. The molecule has 0 aliphatic carbocycles. The zero-order valence-electron chi connectivity index (χ0n) is 13.4. The number of rotatable bonds is 5. The van der Waals surface area contributed by atoms with Crippen molar-refractivity contribution in [2.45, 2.75) is 29.5 Å². The van der Waals surface area contributed by atoms with E-state index in [0.29, 0.717) is 9.47 Å². The minimum Gasteiger partial charge on any atom is -0.374 e. The lowest BCUT2D eigenvalue weighted by molar-refractivity contribution is -0.120. The van der Waals surface area contributed by atoms with Gasteiger partial charge in [-0.05, 0) is 30.2 Å². The summed E-state index contributed by atoms with van der Waals surface area (Å²) >= 11 is 2.66. The Balaban J connectivity index is 1.71. The van der Waals surface area contributed by atoms with Gasteiger partial charge in [0.1, 0.15) is 0 Å². The lowest BCUT2D eigenvalue weighted by Gasteiger charge is -2.18. The Morgan fingerprint density at radius 2 is 1.92 bits per heavy atom. The number of aromatic nitrogens is 2. The molecule has 24 heavy (non-hydrogen) atoms. The molecule has 2 aromatic carbocycles. The smallest absolute Gasteiger partial charge is 0.233 e. The van der Waals surface area contributed by atoms with Gasteiger partial charge in [-0.15, -0.1) is 10.2 Å². The number of carbonyl (C=O) groups is 1. The fraction of sp³-hybridized carbons (Fsp3) is 0.235. The number of thioether (sulfide) groups is 1. The molecule has 0 bridgehead atoms. The van der Waals surface area contributed by atoms with Crippen LogP contribution in [0.5, 0.6) is 0 Å². The second-order valence-electron chi connectivity index (χ2n) is 5.46. The number of nitrogen functional groups attached to an aromatic ring is 1. The van der Waals surface area contributed by atoms with Gasteiger partial charge in [-0.2, -0.15) is 0 Å². The van der Waals surface area contributed by atoms with Crippen molar-refractivity contribution >= 4 is 44.9 Å². The molecule has 0 unspecified atom stereocenters. The number of nitrogens with zero attached hydrogens (tertiary/aromatic N) is 2. The molecule has 1 heterocycles. The molecule has 0 radical (unpaired) electrons. The van der Waals surface area contributed by atoms with E-state index in [1.165, 1.54) is 28.5 Å². The molecule has 0 saturated heterocycles. The van der Waals surface area contributed by atoms with E-state index in [4.69, 9.17) is 5.73 Å². The first-order valence-electron chi connectivity index (χ1n) is 7.58. The highest BCUT2D eigenvalue weighted by Crippen LogP contribution is 2.29. The van der Waals surface area contributed by atoms with Gasteiger partial charge in [0.2, 0.25) is 11.0 Å². The van der Waals surface area contributed by atoms with Crippen LogP contribution in [0.4, 0.5) is 5.13 Å². The summed E-state index contributed by atoms with van der Waals surface area (Å²) in [6, 6.07) is 14.2. The van der Waals surface area contributed by atoms with Crippen molar-refractivity contribution in [2.24, 2.45) is 0 Å². The van der Waals surface area contributed by atoms with Crippen LogP contribution in [0.25, 0.3) is 10.8 Å². The molecule has 0 aliphatic heterocycles. The Morgan fingerprint density at radius 1 is 1.17 bits per heavy atom. The van der Waals surface area contributed by atoms with Crippen molar-refractivity contribution in [3.05, 3.63) is 48.0 Å². The van der Waals surface area contributed by atoms with E-state index >= 15 is 0 Å². The molecule has 0 saturated carbocycles. The van der Waals surface area contributed by atoms with Crippen LogP contribution >= 0.6 is 23.1 Å². The van der Waals surface area contributed by atoms with E-state index in [9.17, 15) is 4.79 Å². The Hall–Kier alpha value is -2.12. The van der Waals surface area contributed by atoms with Crippen molar-refractivity contribution in [3.63, 3.8) is 0 Å². The zero-order valence-corrected chi connectivity index (χ0v) is 15.0. The highest BCUT2D eigenvalue weighted by Gasteiger charge is 2.19. The third kappa shape index (κ3) is 3.68. The van der Waals surface area contributed by atoms with Crippen molar-refractivity contribution in [1.29, 1.82) is 0 Å². The molecule has 0 fully saturated rings. The van der Waals surface area contributed by atoms with Crippen LogP contribution in [0.1, 0.15) is 25.5 Å². The molecule has 1 aromatic heterocycles. The summed E-state index contributed by atoms with van der Waals surface area (Å²) < 4.78 is 0.702. The van der Waals surface area contributed by atoms with Gasteiger partial charge in [0.25, 0.3) is 0 Å². The predicted molar refractivity (Wildman–Crippen MR) is 100 cm³/mol. The number of benzene rings is 2. The average Bonchev–Trinajstić information content (AvgIpc) is 2.99. The third-order valence-electron chi connectivity index (χ3n) is 3.72. The number of carbonyl (C=O) groups excluding carboxylic acids is 1. The van der Waals surface area contributed by atoms with E-state index < -0.39 is 0 Å². The minimum atomic E-state index is -0.269. The molecule has 7 heteroatoms. The number of amides is 1. The van der Waals surface area contributed by atoms with Crippen LogP contribution in [0.3, 0.4) is 0 Å². The fourth-order valence-corrected chi connectivity index (χ4v) is 4.30. The van der Waals surface area contributed by atoms with Crippen LogP contribution in [-0.2, 0) is 4.79 Å². The summed E-state index contributed by atoms with van der Waals surface area (Å²) in [6.07, 6.45) is 0. The first kappa shape index (κ1) is 16.7. The molecule has 0 aliphatic rings. The highest BCUT2D eigenvalue weighted by atomic mass is 32.2. The topological polar surface area (TPSA) is 80.9 Å². The number of nitrogens with one attached hydrogen (secondary N) is 1. The number of nitrogens with two attached hydrogens (primary N) is 1. The third-order valence-corrected chi connectivity index (χ3v) is 5.65. The molecular formula is C17H18N4OS2. The van der Waals surface area contributed by atoms with Crippen molar-refractivity contribution in [2.75, 3.05) is 5.73 Å². The lowest BCUT2D eigenvalue weighted by atomic mass is 9.99. The molecule has 124 valence electrons. The normalized spacial score (nSPS) is 13.6. The molecular weight excluding hydrogens is 340 g/mol. The van der Waals surface area contributed by atoms with E-state index in [-0.39, 0.29) is 17.2 Å². The Morgan fingerprint density at radius 3 is 2.67 bits per heavy atom. The van der Waals surface area contributed by atoms with Crippen molar-refractivity contribution in [3.8, 4) is 0 Å². The summed E-state index contributed by atoms with van der Waals surface area (Å²) in [4.78, 5) is 12.5. The zero-order chi connectivity index (χ0) is 17.1. The number of fused-ring (bicyclic) bond motifs is 1. The lowest BCUT2D eigenvalue weighted by Crippen LogP contribution is -2.33. The van der Waals surface area contributed by atoms with Gasteiger partial charge in [0.05, 0.1) is 11.3 Å². The minimum absolute atomic E-state index is 0.0331. The summed E-state index contributed by atoms with van der Waals surface area (Å²) in [7, 11) is 0. The van der Waals surface area contributed by atoms with E-state index in [0.717, 1.165) is 10.9 Å². The summed E-state index contributed by atoms with van der Waals surface area (Å²) in [6.45, 7) is 3.85. The van der Waals surface area contributed by atoms with Crippen LogP contribution in [0, 0.1) is 0 Å². The monoisotopic (exact) mass is 358 g/mol. The van der Waals surface area contributed by atoms with Crippen molar-refractivity contribution in [1.82, 2.24) is 15.5 Å². The molecule has 3 rings (SSSR count). The summed E-state index contributed by atoms with van der Waals surface area (Å²) in [5, 5.41) is 13.3. The Kier molecular flexibility index (Phi) is 5.01. The number of hydrogen-bond donors (Lipinski definition) is 2. The maximum Gasteiger partial charge on any atom is 0.233 e. The molecule has 1 amide bonds. The maximum atomic E-state index is 12.5. The van der Waals surface area contributed by atoms with E-state index in [2.05, 4.69) is 39.8 Å². The quantitative estimate of drug-likeness (QED) is 0.681. The van der Waals surface area contributed by atoms with Gasteiger partial charge in [-0.1, -0.05) is 65.6 Å². The van der Waals surface area contributed by atoms with Gasteiger partial charge < -0.3 is 11.1 Å². The van der Waals surface area contributed by atoms with Crippen molar-refractivity contribution < 1.29 is 4.79 Å². The molecule has 3 aromatic rings. The van der Waals surface area contributed by atoms with Gasteiger partial charge in [0, 0.05) is 0 Å². The van der Waals surface area contributed by atoms with Crippen LogP contribution in [-0.4, -0.2) is 21.4 Å². The fourth-order valence-electron chi connectivity index (χ4n) is 2.51. The van der Waals surface area contributed by atoms with Gasteiger partial charge in [-0.25, -0.2) is 0 Å². The Labute approximate surface area is 148 Å². The first-order chi connectivity index (χ1) is 11.5. The first-order valence-corrected chi connectivity index (χ1v) is 9.28. The second kappa shape index (κ2) is 7.19. The van der Waals surface area contributed by atoms with E-state index in [1.54, 1.807) is 0 Å². The molecule has 3 N–H and O–H groups in total. The maximum absolute atomic E-state index is 12.5. The van der Waals surface area contributed by atoms with Gasteiger partial charge in [-0.3, -0.25) is 4.79 Å². The standard InChI is InChI=1S/C17H18N4OS2/c1-10(13-9-5-7-12-6-3-4-8-14(12)13)19-15(22)11(2)23-17-21-20-16(18)24-17/h3-11H,1-2H3,(H2,18,20)(H,19,22)/t10-,11+/m0/s1. The van der Waals surface area contributed by atoms with E-state index in [1.807, 2.05) is 32.0 Å². The highest BCUT2D eigenvalue weighted by molar-refractivity contribution is 8.02. The SMILES string of the molecule is C[C@H](NC(=O)[C@@H](C)Sc1nnc(N)s1)c1cccc2ccccc12. The van der Waals surface area contributed by atoms with Gasteiger partial charge in [0.15, 0.2) is 4.34 Å². The Bertz CT molecular complexity index is 859. The largest absolute Gasteiger partial charge is 0.374 e. The number of hydrogen-bond acceptors (Lipinski definition) is 6. The number of anilines is 1. The van der Waals surface area contributed by atoms with Crippen LogP contribution in [0.15, 0.2) is 46.8 Å². The van der Waals surface area contributed by atoms with Crippen LogP contribution < -0.4 is 11.1 Å². The predicted octanol–water partition coefficient (Wildman–Crippen LogP) is 3.63. The average molecular weight is 358 g/mol. The molecule has 0 spiro atoms.